The number of carbonyl (C=O) groups is 2. The quantitative estimate of drug-likeness (QED) is 0.798. The number of carbonyl (C=O) groups excluding carboxylic acids is 2. The zero-order valence-corrected chi connectivity index (χ0v) is 11.2. The first-order valence-electron chi connectivity index (χ1n) is 6.22. The van der Waals surface area contributed by atoms with Crippen LogP contribution in [0.15, 0.2) is 30.3 Å². The smallest absolute Gasteiger partial charge is 0.407 e. The van der Waals surface area contributed by atoms with Crippen molar-refractivity contribution in [3.63, 3.8) is 0 Å². The Bertz CT molecular complexity index is 405. The normalized spacial score (nSPS) is 11.5. The molecular weight excluding hydrogens is 246 g/mol. The van der Waals surface area contributed by atoms with Gasteiger partial charge in [0, 0.05) is 0 Å². The molecule has 0 aliphatic heterocycles. The Morgan fingerprint density at radius 3 is 2.53 bits per heavy atom. The molecule has 0 fully saturated rings. The van der Waals surface area contributed by atoms with Gasteiger partial charge < -0.3 is 14.8 Å². The van der Waals surface area contributed by atoms with E-state index in [0.29, 0.717) is 12.8 Å². The number of aryl methyl sites for hydroxylation is 1. The maximum absolute atomic E-state index is 11.7. The molecular formula is C14H19NO4. The van der Waals surface area contributed by atoms with Gasteiger partial charge in [0.25, 0.3) is 0 Å². The second-order valence-corrected chi connectivity index (χ2v) is 3.96. The Kier molecular flexibility index (Phi) is 6.43. The van der Waals surface area contributed by atoms with Gasteiger partial charge in [0.1, 0.15) is 6.04 Å². The summed E-state index contributed by atoms with van der Waals surface area (Å²) in [6.45, 7) is 2.01. The van der Waals surface area contributed by atoms with E-state index in [-0.39, 0.29) is 6.61 Å². The summed E-state index contributed by atoms with van der Waals surface area (Å²) in [5.41, 5.74) is 1.10. The zero-order chi connectivity index (χ0) is 14.1. The first kappa shape index (κ1) is 15.0. The minimum absolute atomic E-state index is 0.281. The van der Waals surface area contributed by atoms with Gasteiger partial charge in [-0.3, -0.25) is 0 Å². The predicted molar refractivity (Wildman–Crippen MR) is 70.7 cm³/mol. The van der Waals surface area contributed by atoms with Crippen LogP contribution in [0.4, 0.5) is 4.79 Å². The van der Waals surface area contributed by atoms with Crippen LogP contribution in [0.3, 0.4) is 0 Å². The Morgan fingerprint density at radius 2 is 1.95 bits per heavy atom. The summed E-state index contributed by atoms with van der Waals surface area (Å²) in [6.07, 6.45) is 0.512. The molecule has 1 rings (SSSR count). The Labute approximate surface area is 112 Å². The first-order chi connectivity index (χ1) is 9.17. The fourth-order valence-electron chi connectivity index (χ4n) is 1.65. The highest BCUT2D eigenvalue weighted by Gasteiger charge is 2.22. The highest BCUT2D eigenvalue weighted by Crippen LogP contribution is 2.06. The number of hydrogen-bond acceptors (Lipinski definition) is 4. The van der Waals surface area contributed by atoms with E-state index in [2.05, 4.69) is 10.1 Å². The minimum atomic E-state index is -0.687. The molecule has 104 valence electrons. The molecule has 0 saturated heterocycles. The lowest BCUT2D eigenvalue weighted by atomic mass is 10.1. The summed E-state index contributed by atoms with van der Waals surface area (Å²) in [7, 11) is 1.26. The van der Waals surface area contributed by atoms with E-state index < -0.39 is 18.1 Å². The Morgan fingerprint density at radius 1 is 1.26 bits per heavy atom. The fourth-order valence-corrected chi connectivity index (χ4v) is 1.65. The van der Waals surface area contributed by atoms with E-state index in [4.69, 9.17) is 4.74 Å². The van der Waals surface area contributed by atoms with Crippen LogP contribution in [0.2, 0.25) is 0 Å². The fraction of sp³-hybridized carbons (Fsp3) is 0.429. The number of hydrogen-bond donors (Lipinski definition) is 1. The second-order valence-electron chi connectivity index (χ2n) is 3.96. The van der Waals surface area contributed by atoms with Crippen molar-refractivity contribution in [2.45, 2.75) is 25.8 Å². The molecule has 1 N–H and O–H groups in total. The van der Waals surface area contributed by atoms with Crippen LogP contribution < -0.4 is 5.32 Å². The summed E-state index contributed by atoms with van der Waals surface area (Å²) < 4.78 is 9.43. The first-order valence-corrected chi connectivity index (χ1v) is 6.22. The lowest BCUT2D eigenvalue weighted by Gasteiger charge is -2.16. The molecule has 0 saturated carbocycles. The maximum atomic E-state index is 11.7. The minimum Gasteiger partial charge on any atom is -0.464 e. The largest absolute Gasteiger partial charge is 0.464 e. The number of alkyl carbamates (subject to hydrolysis) is 1. The molecule has 1 aromatic carbocycles. The van der Waals surface area contributed by atoms with Gasteiger partial charge in [0.2, 0.25) is 0 Å². The highest BCUT2D eigenvalue weighted by atomic mass is 16.5. The average Bonchev–Trinajstić information content (AvgIpc) is 2.44. The third-order valence-electron chi connectivity index (χ3n) is 2.61. The van der Waals surface area contributed by atoms with E-state index in [1.54, 1.807) is 6.92 Å². The SMILES string of the molecule is CCOC(=O)[C@H](CCc1ccccc1)NC(=O)OC. The van der Waals surface area contributed by atoms with E-state index in [9.17, 15) is 9.59 Å². The van der Waals surface area contributed by atoms with Crippen molar-refractivity contribution >= 4 is 12.1 Å². The molecule has 0 unspecified atom stereocenters. The molecule has 1 atom stereocenters. The Balaban J connectivity index is 2.58. The monoisotopic (exact) mass is 265 g/mol. The summed E-state index contributed by atoms with van der Waals surface area (Å²) in [5.74, 6) is -0.441. The average molecular weight is 265 g/mol. The van der Waals surface area contributed by atoms with E-state index in [1.165, 1.54) is 7.11 Å². The van der Waals surface area contributed by atoms with Crippen LogP contribution in [-0.2, 0) is 20.7 Å². The maximum Gasteiger partial charge on any atom is 0.407 e. The van der Waals surface area contributed by atoms with Crippen molar-refractivity contribution in [3.8, 4) is 0 Å². The lowest BCUT2D eigenvalue weighted by molar-refractivity contribution is -0.145. The lowest BCUT2D eigenvalue weighted by Crippen LogP contribution is -2.42. The van der Waals surface area contributed by atoms with Crippen molar-refractivity contribution in [2.75, 3.05) is 13.7 Å². The van der Waals surface area contributed by atoms with Crippen LogP contribution in [0.5, 0.6) is 0 Å². The molecule has 19 heavy (non-hydrogen) atoms. The summed E-state index contributed by atoms with van der Waals surface area (Å²) >= 11 is 0. The predicted octanol–water partition coefficient (Wildman–Crippen LogP) is 1.91. The molecule has 1 aromatic rings. The molecule has 0 aliphatic carbocycles. The standard InChI is InChI=1S/C14H19NO4/c1-3-19-13(16)12(15-14(17)18-2)10-9-11-7-5-4-6-8-11/h4-8,12H,3,9-10H2,1-2H3,(H,15,17)/t12-/m0/s1. The molecule has 0 bridgehead atoms. The molecule has 0 spiro atoms. The summed E-state index contributed by atoms with van der Waals surface area (Å²) in [6, 6.07) is 9.05. The van der Waals surface area contributed by atoms with Crippen molar-refractivity contribution in [2.24, 2.45) is 0 Å². The van der Waals surface area contributed by atoms with Crippen molar-refractivity contribution in [3.05, 3.63) is 35.9 Å². The molecule has 0 radical (unpaired) electrons. The van der Waals surface area contributed by atoms with E-state index in [1.807, 2.05) is 30.3 Å². The number of esters is 1. The van der Waals surface area contributed by atoms with Crippen molar-refractivity contribution in [1.29, 1.82) is 0 Å². The Hall–Kier alpha value is -2.04. The van der Waals surface area contributed by atoms with Crippen molar-refractivity contribution < 1.29 is 19.1 Å². The van der Waals surface area contributed by atoms with Gasteiger partial charge in [0.15, 0.2) is 0 Å². The molecule has 5 heteroatoms. The molecule has 0 aliphatic rings. The molecule has 1 amide bonds. The molecule has 5 nitrogen and oxygen atoms in total. The van der Waals surface area contributed by atoms with Gasteiger partial charge in [-0.2, -0.15) is 0 Å². The van der Waals surface area contributed by atoms with Gasteiger partial charge in [-0.15, -0.1) is 0 Å². The summed E-state index contributed by atoms with van der Waals surface area (Å²) in [5, 5.41) is 2.49. The van der Waals surface area contributed by atoms with E-state index in [0.717, 1.165) is 5.56 Å². The zero-order valence-electron chi connectivity index (χ0n) is 11.2. The third-order valence-corrected chi connectivity index (χ3v) is 2.61. The van der Waals surface area contributed by atoms with Crippen LogP contribution in [-0.4, -0.2) is 31.8 Å². The van der Waals surface area contributed by atoms with Gasteiger partial charge >= 0.3 is 12.1 Å². The molecule has 0 heterocycles. The molecule has 0 aromatic heterocycles. The number of nitrogens with one attached hydrogen (secondary N) is 1. The van der Waals surface area contributed by atoms with Crippen molar-refractivity contribution in [1.82, 2.24) is 5.32 Å². The van der Waals surface area contributed by atoms with Gasteiger partial charge in [-0.25, -0.2) is 9.59 Å². The van der Waals surface area contributed by atoms with Crippen LogP contribution in [0.25, 0.3) is 0 Å². The number of methoxy groups -OCH3 is 1. The van der Waals surface area contributed by atoms with Gasteiger partial charge in [0.05, 0.1) is 13.7 Å². The number of amides is 1. The summed E-state index contributed by atoms with van der Waals surface area (Å²) in [4.78, 5) is 22.9. The highest BCUT2D eigenvalue weighted by molar-refractivity contribution is 5.81. The number of ether oxygens (including phenoxy) is 2. The van der Waals surface area contributed by atoms with E-state index >= 15 is 0 Å². The number of rotatable bonds is 6. The van der Waals surface area contributed by atoms with Gasteiger partial charge in [-0.05, 0) is 25.3 Å². The topological polar surface area (TPSA) is 64.6 Å². The second kappa shape index (κ2) is 8.13. The van der Waals surface area contributed by atoms with Crippen LogP contribution in [0.1, 0.15) is 18.9 Å². The van der Waals surface area contributed by atoms with Crippen LogP contribution in [0, 0.1) is 0 Å². The third kappa shape index (κ3) is 5.42. The van der Waals surface area contributed by atoms with Gasteiger partial charge in [-0.1, -0.05) is 30.3 Å². The number of benzene rings is 1. The van der Waals surface area contributed by atoms with Crippen LogP contribution >= 0.6 is 0 Å².